The van der Waals surface area contributed by atoms with Crippen molar-refractivity contribution in [2.45, 2.75) is 18.9 Å². The van der Waals surface area contributed by atoms with Crippen molar-refractivity contribution in [3.8, 4) is 5.69 Å². The first-order valence-corrected chi connectivity index (χ1v) is 5.14. The second-order valence-electron chi connectivity index (χ2n) is 3.87. The molecule has 0 fully saturated rings. The first-order chi connectivity index (χ1) is 7.36. The zero-order valence-corrected chi connectivity index (χ0v) is 8.30. The molecule has 1 aliphatic carbocycles. The Morgan fingerprint density at radius 1 is 1.40 bits per heavy atom. The van der Waals surface area contributed by atoms with E-state index in [0.717, 1.165) is 24.1 Å². The maximum atomic E-state index is 9.93. The molecule has 0 saturated heterocycles. The largest absolute Gasteiger partial charge is 0.388 e. The first kappa shape index (κ1) is 8.68. The molecule has 0 bridgehead atoms. The molecule has 15 heavy (non-hydrogen) atoms. The highest BCUT2D eigenvalue weighted by Crippen LogP contribution is 2.35. The summed E-state index contributed by atoms with van der Waals surface area (Å²) in [5, 5.41) is 9.93. The van der Waals surface area contributed by atoms with Gasteiger partial charge in [-0.1, -0.05) is 12.1 Å². The van der Waals surface area contributed by atoms with Crippen molar-refractivity contribution in [1.29, 1.82) is 0 Å². The summed E-state index contributed by atoms with van der Waals surface area (Å²) in [6.07, 6.45) is 6.90. The highest BCUT2D eigenvalue weighted by atomic mass is 16.3. The molecule has 0 spiro atoms. The van der Waals surface area contributed by atoms with Crippen molar-refractivity contribution in [1.82, 2.24) is 9.55 Å². The molecule has 1 aromatic heterocycles. The van der Waals surface area contributed by atoms with E-state index in [4.69, 9.17) is 0 Å². The van der Waals surface area contributed by atoms with Crippen molar-refractivity contribution >= 4 is 0 Å². The summed E-state index contributed by atoms with van der Waals surface area (Å²) in [4.78, 5) is 4.03. The van der Waals surface area contributed by atoms with Crippen molar-refractivity contribution in [3.05, 3.63) is 48.0 Å². The Labute approximate surface area is 88.0 Å². The van der Waals surface area contributed by atoms with Gasteiger partial charge in [0.25, 0.3) is 0 Å². The van der Waals surface area contributed by atoms with Gasteiger partial charge in [0.05, 0.1) is 18.1 Å². The average molecular weight is 200 g/mol. The monoisotopic (exact) mass is 200 g/mol. The Balaban J connectivity index is 2.21. The molecule has 0 amide bonds. The number of nitrogens with zero attached hydrogens (tertiary/aromatic N) is 2. The highest BCUT2D eigenvalue weighted by Gasteiger charge is 2.23. The van der Waals surface area contributed by atoms with Crippen LogP contribution in [0.15, 0.2) is 36.9 Å². The van der Waals surface area contributed by atoms with E-state index in [9.17, 15) is 5.11 Å². The van der Waals surface area contributed by atoms with Gasteiger partial charge in [-0.2, -0.15) is 0 Å². The Morgan fingerprint density at radius 2 is 2.33 bits per heavy atom. The van der Waals surface area contributed by atoms with Crippen molar-refractivity contribution < 1.29 is 5.11 Å². The molecule has 1 aromatic carbocycles. The topological polar surface area (TPSA) is 38.0 Å². The molecule has 0 aliphatic heterocycles. The van der Waals surface area contributed by atoms with Gasteiger partial charge < -0.3 is 9.67 Å². The number of rotatable bonds is 1. The van der Waals surface area contributed by atoms with E-state index in [0.29, 0.717) is 0 Å². The minimum absolute atomic E-state index is 0.321. The number of aryl methyl sites for hydroxylation is 1. The predicted molar refractivity (Wildman–Crippen MR) is 56.8 cm³/mol. The molecule has 3 nitrogen and oxygen atoms in total. The van der Waals surface area contributed by atoms with E-state index in [2.05, 4.69) is 11.1 Å². The summed E-state index contributed by atoms with van der Waals surface area (Å²) in [6.45, 7) is 0. The summed E-state index contributed by atoms with van der Waals surface area (Å²) < 4.78 is 1.95. The predicted octanol–water partition coefficient (Wildman–Crippen LogP) is 1.85. The molecule has 1 atom stereocenters. The van der Waals surface area contributed by atoms with Crippen LogP contribution in [0.4, 0.5) is 0 Å². The number of aromatic nitrogens is 2. The third kappa shape index (κ3) is 1.27. The molecule has 3 rings (SSSR count). The van der Waals surface area contributed by atoms with Crippen molar-refractivity contribution in [2.24, 2.45) is 0 Å². The van der Waals surface area contributed by atoms with Crippen LogP contribution in [-0.2, 0) is 6.42 Å². The number of fused-ring (bicyclic) bond motifs is 1. The number of imidazole rings is 1. The summed E-state index contributed by atoms with van der Waals surface area (Å²) in [5.41, 5.74) is 3.37. The van der Waals surface area contributed by atoms with E-state index >= 15 is 0 Å². The standard InChI is InChI=1S/C12H12N2O/c15-11-5-4-9-2-1-3-10(12(9)11)14-7-6-13-8-14/h1-3,6-8,11,15H,4-5H2. The second-order valence-corrected chi connectivity index (χ2v) is 3.87. The maximum absolute atomic E-state index is 9.93. The molecule has 2 aromatic rings. The average Bonchev–Trinajstić information content (AvgIpc) is 2.88. The SMILES string of the molecule is OC1CCc2cccc(-n3ccnc3)c21. The van der Waals surface area contributed by atoms with Crippen LogP contribution >= 0.6 is 0 Å². The van der Waals surface area contributed by atoms with Crippen LogP contribution in [0.2, 0.25) is 0 Å². The fraction of sp³-hybridized carbons (Fsp3) is 0.250. The number of aliphatic hydroxyl groups excluding tert-OH is 1. The normalized spacial score (nSPS) is 19.1. The molecule has 76 valence electrons. The molecule has 0 radical (unpaired) electrons. The zero-order chi connectivity index (χ0) is 10.3. The number of benzene rings is 1. The highest BCUT2D eigenvalue weighted by molar-refractivity contribution is 5.49. The summed E-state index contributed by atoms with van der Waals surface area (Å²) in [7, 11) is 0. The van der Waals surface area contributed by atoms with Gasteiger partial charge in [0, 0.05) is 18.0 Å². The van der Waals surface area contributed by atoms with E-state index in [1.54, 1.807) is 12.5 Å². The Morgan fingerprint density at radius 3 is 3.13 bits per heavy atom. The van der Waals surface area contributed by atoms with Gasteiger partial charge in [-0.05, 0) is 24.5 Å². The third-order valence-corrected chi connectivity index (χ3v) is 2.98. The molecular weight excluding hydrogens is 188 g/mol. The lowest BCUT2D eigenvalue weighted by Crippen LogP contribution is -2.00. The van der Waals surface area contributed by atoms with E-state index < -0.39 is 0 Å². The lowest BCUT2D eigenvalue weighted by Gasteiger charge is -2.11. The van der Waals surface area contributed by atoms with Crippen molar-refractivity contribution in [3.63, 3.8) is 0 Å². The minimum atomic E-state index is -0.321. The maximum Gasteiger partial charge on any atom is 0.0991 e. The molecule has 1 unspecified atom stereocenters. The van der Waals surface area contributed by atoms with Crippen LogP contribution in [0.3, 0.4) is 0 Å². The molecule has 1 heterocycles. The van der Waals surface area contributed by atoms with Crippen molar-refractivity contribution in [2.75, 3.05) is 0 Å². The molecular formula is C12H12N2O. The summed E-state index contributed by atoms with van der Waals surface area (Å²) >= 11 is 0. The lowest BCUT2D eigenvalue weighted by molar-refractivity contribution is 0.180. The third-order valence-electron chi connectivity index (χ3n) is 2.98. The number of hydrogen-bond acceptors (Lipinski definition) is 2. The minimum Gasteiger partial charge on any atom is -0.388 e. The molecule has 1 aliphatic rings. The van der Waals surface area contributed by atoms with Gasteiger partial charge in [-0.15, -0.1) is 0 Å². The van der Waals surface area contributed by atoms with Crippen LogP contribution in [0.25, 0.3) is 5.69 Å². The van der Waals surface area contributed by atoms with Gasteiger partial charge in [0.1, 0.15) is 0 Å². The van der Waals surface area contributed by atoms with Crippen LogP contribution in [0.5, 0.6) is 0 Å². The smallest absolute Gasteiger partial charge is 0.0991 e. The summed E-state index contributed by atoms with van der Waals surface area (Å²) in [5.74, 6) is 0. The van der Waals surface area contributed by atoms with E-state index in [1.807, 2.05) is 22.9 Å². The van der Waals surface area contributed by atoms with Crippen LogP contribution in [-0.4, -0.2) is 14.7 Å². The fourth-order valence-electron chi connectivity index (χ4n) is 2.27. The Hall–Kier alpha value is -1.61. The van der Waals surface area contributed by atoms with Crippen LogP contribution in [0, 0.1) is 0 Å². The number of aliphatic hydroxyl groups is 1. The van der Waals surface area contributed by atoms with Crippen LogP contribution < -0.4 is 0 Å². The summed E-state index contributed by atoms with van der Waals surface area (Å²) in [6, 6.07) is 6.15. The zero-order valence-electron chi connectivity index (χ0n) is 8.30. The molecule has 0 saturated carbocycles. The Kier molecular flexibility index (Phi) is 1.86. The fourth-order valence-corrected chi connectivity index (χ4v) is 2.27. The van der Waals surface area contributed by atoms with Gasteiger partial charge in [0.2, 0.25) is 0 Å². The molecule has 1 N–H and O–H groups in total. The van der Waals surface area contributed by atoms with E-state index in [1.165, 1.54) is 5.56 Å². The number of hydrogen-bond donors (Lipinski definition) is 1. The van der Waals surface area contributed by atoms with Crippen LogP contribution in [0.1, 0.15) is 23.7 Å². The Bertz CT molecular complexity index is 476. The quantitative estimate of drug-likeness (QED) is 0.763. The van der Waals surface area contributed by atoms with Gasteiger partial charge >= 0.3 is 0 Å². The second kappa shape index (κ2) is 3.21. The van der Waals surface area contributed by atoms with Gasteiger partial charge in [-0.25, -0.2) is 4.98 Å². The lowest BCUT2D eigenvalue weighted by atomic mass is 10.1. The van der Waals surface area contributed by atoms with Gasteiger partial charge in [-0.3, -0.25) is 0 Å². The van der Waals surface area contributed by atoms with E-state index in [-0.39, 0.29) is 6.10 Å². The molecule has 3 heteroatoms. The first-order valence-electron chi connectivity index (χ1n) is 5.14. The van der Waals surface area contributed by atoms with Gasteiger partial charge in [0.15, 0.2) is 0 Å².